The number of benzene rings is 1. The van der Waals surface area contributed by atoms with Gasteiger partial charge in [0.2, 0.25) is 0 Å². The summed E-state index contributed by atoms with van der Waals surface area (Å²) in [5, 5.41) is 15.6. The van der Waals surface area contributed by atoms with Crippen LogP contribution in [0, 0.1) is 13.8 Å². The van der Waals surface area contributed by atoms with Gasteiger partial charge in [0, 0.05) is 22.7 Å². The van der Waals surface area contributed by atoms with Crippen molar-refractivity contribution >= 4 is 33.2 Å². The first-order valence-electron chi connectivity index (χ1n) is 8.36. The van der Waals surface area contributed by atoms with Crippen LogP contribution in [0.5, 0.6) is 5.75 Å². The Balaban J connectivity index is 0.00000240. The summed E-state index contributed by atoms with van der Waals surface area (Å²) in [6.45, 7) is 3.91. The molecule has 3 heterocycles. The third-order valence-corrected chi connectivity index (χ3v) is 5.34. The number of nitrogen functional groups attached to an aromatic ring is 1. The number of anilines is 1. The first kappa shape index (κ1) is 20.3. The Morgan fingerprint density at radius 1 is 1.34 bits per heavy atom. The highest BCUT2D eigenvalue weighted by molar-refractivity contribution is 7.17. The molecule has 9 heteroatoms. The maximum atomic E-state index is 11.4. The number of ether oxygens (including phenoxy) is 1. The van der Waals surface area contributed by atoms with E-state index in [-0.39, 0.29) is 25.4 Å². The summed E-state index contributed by atoms with van der Waals surface area (Å²) in [5.74, 6) is 0.883. The van der Waals surface area contributed by atoms with Gasteiger partial charge in [-0.2, -0.15) is 4.98 Å². The quantitative estimate of drug-likeness (QED) is 0.492. The van der Waals surface area contributed by atoms with Crippen molar-refractivity contribution in [2.45, 2.75) is 27.9 Å². The molecule has 0 aliphatic heterocycles. The maximum absolute atomic E-state index is 11.4. The number of fused-ring (bicyclic) bond motifs is 1. The highest BCUT2D eigenvalue weighted by Gasteiger charge is 2.17. The molecule has 0 bridgehead atoms. The molecule has 0 spiro atoms. The number of carbonyl (C=O) groups is 1. The monoisotopic (exact) mass is 412 g/mol. The van der Waals surface area contributed by atoms with Gasteiger partial charge < -0.3 is 20.1 Å². The summed E-state index contributed by atoms with van der Waals surface area (Å²) in [5.41, 5.74) is 8.60. The largest absolute Gasteiger partial charge is 0.489 e. The second-order valence-electron chi connectivity index (χ2n) is 6.24. The molecule has 3 N–H and O–H groups in total. The fourth-order valence-electron chi connectivity index (χ4n) is 2.85. The van der Waals surface area contributed by atoms with Crippen molar-refractivity contribution in [2.75, 3.05) is 5.73 Å². The fraction of sp³-hybridized carbons (Fsp3) is 0.200. The van der Waals surface area contributed by atoms with Crippen LogP contribution in [0.1, 0.15) is 34.7 Å². The molecule has 29 heavy (non-hydrogen) atoms. The van der Waals surface area contributed by atoms with Crippen LogP contribution in [0.2, 0.25) is 0 Å². The molecule has 3 aromatic heterocycles. The smallest absolute Gasteiger partial charge is 0.338 e. The second kappa shape index (κ2) is 7.88. The molecule has 0 saturated carbocycles. The molecule has 0 aliphatic carbocycles. The van der Waals surface area contributed by atoms with Gasteiger partial charge in [-0.15, -0.1) is 11.3 Å². The SMILES string of the molecule is C.Cc1noc(-c2ccc(C)c(OCc3csc4c(C(=O)O)cnc(N)c34)c2)n1. The highest BCUT2D eigenvalue weighted by Crippen LogP contribution is 2.34. The molecule has 0 radical (unpaired) electrons. The molecule has 0 saturated heterocycles. The van der Waals surface area contributed by atoms with Crippen LogP contribution < -0.4 is 10.5 Å². The van der Waals surface area contributed by atoms with E-state index in [0.29, 0.717) is 27.6 Å². The average molecular weight is 412 g/mol. The van der Waals surface area contributed by atoms with Crippen molar-refractivity contribution in [3.63, 3.8) is 0 Å². The van der Waals surface area contributed by atoms with E-state index < -0.39 is 5.97 Å². The van der Waals surface area contributed by atoms with Gasteiger partial charge in [0.05, 0.1) is 10.3 Å². The summed E-state index contributed by atoms with van der Waals surface area (Å²) < 4.78 is 11.8. The van der Waals surface area contributed by atoms with Gasteiger partial charge >= 0.3 is 5.97 Å². The van der Waals surface area contributed by atoms with E-state index in [2.05, 4.69) is 15.1 Å². The number of rotatable bonds is 5. The van der Waals surface area contributed by atoms with Gasteiger partial charge in [-0.3, -0.25) is 0 Å². The Morgan fingerprint density at radius 2 is 2.14 bits per heavy atom. The van der Waals surface area contributed by atoms with Crippen LogP contribution in [0.15, 0.2) is 34.3 Å². The Hall–Kier alpha value is -3.46. The van der Waals surface area contributed by atoms with Crippen LogP contribution >= 0.6 is 11.3 Å². The van der Waals surface area contributed by atoms with Crippen LogP contribution in [-0.2, 0) is 6.61 Å². The minimum absolute atomic E-state index is 0. The molecule has 8 nitrogen and oxygen atoms in total. The number of carboxylic acid groups (broad SMARTS) is 1. The number of nitrogens with zero attached hydrogens (tertiary/aromatic N) is 3. The number of aromatic carboxylic acids is 1. The summed E-state index contributed by atoms with van der Waals surface area (Å²) in [6, 6.07) is 5.63. The zero-order valence-electron chi connectivity index (χ0n) is 15.1. The molecular formula is C20H20N4O4S. The molecule has 0 fully saturated rings. The molecule has 4 aromatic rings. The third kappa shape index (κ3) is 3.77. The lowest BCUT2D eigenvalue weighted by molar-refractivity contribution is 0.0699. The van der Waals surface area contributed by atoms with Gasteiger partial charge in [-0.1, -0.05) is 18.6 Å². The number of aromatic nitrogens is 3. The van der Waals surface area contributed by atoms with Gasteiger partial charge in [0.25, 0.3) is 5.89 Å². The molecule has 0 unspecified atom stereocenters. The maximum Gasteiger partial charge on any atom is 0.338 e. The van der Waals surface area contributed by atoms with E-state index in [9.17, 15) is 9.90 Å². The lowest BCUT2D eigenvalue weighted by Gasteiger charge is -2.10. The standard InChI is InChI=1S/C19H16N4O4S.CH4/c1-9-3-4-11(18-22-10(2)23-27-18)5-14(9)26-7-12-8-28-16-13(19(24)25)6-21-17(20)15(12)16;/h3-6,8H,7H2,1-2H3,(H2,20,21)(H,24,25);1H4. The summed E-state index contributed by atoms with van der Waals surface area (Å²) in [6.07, 6.45) is 1.28. The molecule has 0 aliphatic rings. The number of aryl methyl sites for hydroxylation is 2. The zero-order chi connectivity index (χ0) is 19.8. The van der Waals surface area contributed by atoms with Crippen LogP contribution in [0.25, 0.3) is 21.5 Å². The van der Waals surface area contributed by atoms with Gasteiger partial charge in [-0.25, -0.2) is 9.78 Å². The van der Waals surface area contributed by atoms with Crippen molar-refractivity contribution in [1.82, 2.24) is 15.1 Å². The Labute approximate surface area is 171 Å². The fourth-order valence-corrected chi connectivity index (χ4v) is 3.91. The lowest BCUT2D eigenvalue weighted by Crippen LogP contribution is -2.02. The van der Waals surface area contributed by atoms with Crippen molar-refractivity contribution in [3.05, 3.63) is 52.3 Å². The van der Waals surface area contributed by atoms with Gasteiger partial charge in [0.1, 0.15) is 18.2 Å². The lowest BCUT2D eigenvalue weighted by atomic mass is 10.1. The first-order chi connectivity index (χ1) is 13.4. The van der Waals surface area contributed by atoms with Crippen molar-refractivity contribution in [3.8, 4) is 17.2 Å². The molecule has 1 aromatic carbocycles. The zero-order valence-corrected chi connectivity index (χ0v) is 15.9. The molecule has 0 amide bonds. The number of hydrogen-bond acceptors (Lipinski definition) is 8. The molecular weight excluding hydrogens is 392 g/mol. The van der Waals surface area contributed by atoms with Crippen LogP contribution in [0.4, 0.5) is 5.82 Å². The predicted octanol–water partition coefficient (Wildman–Crippen LogP) is 4.46. The van der Waals surface area contributed by atoms with Gasteiger partial charge in [0.15, 0.2) is 5.82 Å². The number of carboxylic acids is 1. The van der Waals surface area contributed by atoms with E-state index in [4.69, 9.17) is 15.0 Å². The predicted molar refractivity (Wildman–Crippen MR) is 111 cm³/mol. The van der Waals surface area contributed by atoms with Crippen LogP contribution in [0.3, 0.4) is 0 Å². The number of thiophene rings is 1. The van der Waals surface area contributed by atoms with Crippen molar-refractivity contribution in [2.24, 2.45) is 0 Å². The Morgan fingerprint density at radius 3 is 2.83 bits per heavy atom. The molecule has 150 valence electrons. The van der Waals surface area contributed by atoms with Gasteiger partial charge in [-0.05, 0) is 36.9 Å². The Bertz CT molecular complexity index is 1200. The van der Waals surface area contributed by atoms with Crippen LogP contribution in [-0.4, -0.2) is 26.2 Å². The minimum Gasteiger partial charge on any atom is -0.489 e. The molecule has 4 rings (SSSR count). The number of hydrogen-bond donors (Lipinski definition) is 2. The highest BCUT2D eigenvalue weighted by atomic mass is 32.1. The summed E-state index contributed by atoms with van der Waals surface area (Å²) >= 11 is 1.31. The Kier molecular flexibility index (Phi) is 5.51. The number of pyridine rings is 1. The van der Waals surface area contributed by atoms with Crippen molar-refractivity contribution in [1.29, 1.82) is 0 Å². The molecule has 0 atom stereocenters. The topological polar surface area (TPSA) is 124 Å². The number of nitrogens with two attached hydrogens (primary N) is 1. The van der Waals surface area contributed by atoms with E-state index >= 15 is 0 Å². The normalized spacial score (nSPS) is 10.7. The van der Waals surface area contributed by atoms with E-state index in [0.717, 1.165) is 16.7 Å². The first-order valence-corrected chi connectivity index (χ1v) is 9.24. The van der Waals surface area contributed by atoms with E-state index in [1.807, 2.05) is 30.5 Å². The second-order valence-corrected chi connectivity index (χ2v) is 7.12. The summed E-state index contributed by atoms with van der Waals surface area (Å²) in [7, 11) is 0. The third-order valence-electron chi connectivity index (χ3n) is 4.28. The van der Waals surface area contributed by atoms with E-state index in [1.165, 1.54) is 17.5 Å². The average Bonchev–Trinajstić information content (AvgIpc) is 3.28. The van der Waals surface area contributed by atoms with Crippen molar-refractivity contribution < 1.29 is 19.2 Å². The van der Waals surface area contributed by atoms with E-state index in [1.54, 1.807) is 6.92 Å². The summed E-state index contributed by atoms with van der Waals surface area (Å²) in [4.78, 5) is 19.6. The minimum atomic E-state index is -1.04.